The largest absolute Gasteiger partial charge is 0.484 e. The second kappa shape index (κ2) is 15.1. The molecule has 0 aromatic heterocycles. The zero-order valence-corrected chi connectivity index (χ0v) is 25.1. The van der Waals surface area contributed by atoms with E-state index < -0.39 is 10.0 Å². The van der Waals surface area contributed by atoms with E-state index in [9.17, 15) is 13.2 Å². The van der Waals surface area contributed by atoms with Crippen molar-refractivity contribution >= 4 is 15.9 Å². The predicted octanol–water partition coefficient (Wildman–Crippen LogP) is 5.26. The van der Waals surface area contributed by atoms with Gasteiger partial charge >= 0.3 is 0 Å². The number of amides is 1. The molecule has 0 aliphatic carbocycles. The summed E-state index contributed by atoms with van der Waals surface area (Å²) in [6.45, 7) is 6.02. The minimum absolute atomic E-state index is 0.0426. The number of likely N-dealkylation sites (N-methyl/N-ethyl adjacent to an activating group) is 1. The summed E-state index contributed by atoms with van der Waals surface area (Å²) >= 11 is 0. The van der Waals surface area contributed by atoms with Crippen molar-refractivity contribution in [2.45, 2.75) is 49.5 Å². The first-order valence-electron chi connectivity index (χ1n) is 14.6. The fraction of sp³-hybridized carbons (Fsp3) is 0.424. The van der Waals surface area contributed by atoms with E-state index in [0.29, 0.717) is 17.2 Å². The van der Waals surface area contributed by atoms with Crippen molar-refractivity contribution in [2.24, 2.45) is 0 Å². The van der Waals surface area contributed by atoms with Crippen LogP contribution in [0.5, 0.6) is 5.75 Å². The number of piperidine rings is 1. The summed E-state index contributed by atoms with van der Waals surface area (Å²) in [6, 6.07) is 28.5. The van der Waals surface area contributed by atoms with Gasteiger partial charge in [0.2, 0.25) is 10.0 Å². The molecule has 0 bridgehead atoms. The Hall–Kier alpha value is -3.20. The number of hydrogen-bond acceptors (Lipinski definition) is 5. The van der Waals surface area contributed by atoms with Gasteiger partial charge in [-0.05, 0) is 68.0 Å². The summed E-state index contributed by atoms with van der Waals surface area (Å²) < 4.78 is 33.7. The number of benzene rings is 3. The normalized spacial score (nSPS) is 15.5. The minimum Gasteiger partial charge on any atom is -0.484 e. The zero-order chi connectivity index (χ0) is 29.1. The summed E-state index contributed by atoms with van der Waals surface area (Å²) in [4.78, 5) is 17.9. The molecule has 1 heterocycles. The van der Waals surface area contributed by atoms with Crippen LogP contribution in [0.15, 0.2) is 95.9 Å². The molecule has 1 saturated heterocycles. The number of rotatable bonds is 14. The number of hydrogen-bond donors (Lipinski definition) is 0. The van der Waals surface area contributed by atoms with Crippen LogP contribution < -0.4 is 4.74 Å². The first-order chi connectivity index (χ1) is 19.9. The number of carbonyl (C=O) groups is 1. The summed E-state index contributed by atoms with van der Waals surface area (Å²) in [7, 11) is -1.90. The average Bonchev–Trinajstić information content (AvgIpc) is 3.02. The van der Waals surface area contributed by atoms with Crippen LogP contribution in [0, 0.1) is 0 Å². The monoisotopic (exact) mass is 577 g/mol. The lowest BCUT2D eigenvalue weighted by Gasteiger charge is -2.39. The maximum atomic E-state index is 13.2. The van der Waals surface area contributed by atoms with Gasteiger partial charge in [-0.3, -0.25) is 4.79 Å². The van der Waals surface area contributed by atoms with E-state index in [1.165, 1.54) is 4.31 Å². The van der Waals surface area contributed by atoms with Crippen LogP contribution in [0.4, 0.5) is 0 Å². The molecule has 220 valence electrons. The molecule has 1 atom stereocenters. The van der Waals surface area contributed by atoms with E-state index in [0.717, 1.165) is 57.4 Å². The molecule has 8 heteroatoms. The highest BCUT2D eigenvalue weighted by Gasteiger charge is 2.29. The van der Waals surface area contributed by atoms with E-state index in [4.69, 9.17) is 4.74 Å². The third kappa shape index (κ3) is 8.64. The van der Waals surface area contributed by atoms with Gasteiger partial charge in [-0.1, -0.05) is 73.7 Å². The van der Waals surface area contributed by atoms with Crippen molar-refractivity contribution in [1.29, 1.82) is 0 Å². The Kier molecular flexibility index (Phi) is 11.4. The molecule has 7 nitrogen and oxygen atoms in total. The number of ether oxygens (including phenoxy) is 1. The molecular formula is C33H43N3O4S. The lowest BCUT2D eigenvalue weighted by atomic mass is 9.94. The van der Waals surface area contributed by atoms with Crippen LogP contribution in [0.3, 0.4) is 0 Å². The molecule has 3 aromatic carbocycles. The highest BCUT2D eigenvalue weighted by atomic mass is 32.2. The molecule has 0 unspecified atom stereocenters. The second-order valence-corrected chi connectivity index (χ2v) is 12.8. The van der Waals surface area contributed by atoms with Crippen LogP contribution in [-0.4, -0.2) is 80.9 Å². The third-order valence-corrected chi connectivity index (χ3v) is 9.72. The lowest BCUT2D eigenvalue weighted by Crippen LogP contribution is -2.49. The SMILES string of the molecule is CCCN(C(=O)COc1ccccc1)C1CCN(CC[C@H](CN(C)S(=O)(=O)c2ccccc2)c2ccccc2)CC1. The van der Waals surface area contributed by atoms with Crippen molar-refractivity contribution in [3.8, 4) is 5.75 Å². The topological polar surface area (TPSA) is 70.2 Å². The molecule has 1 amide bonds. The van der Waals surface area contributed by atoms with E-state index >= 15 is 0 Å². The Morgan fingerprint density at radius 1 is 0.927 bits per heavy atom. The Labute approximate surface area is 245 Å². The molecule has 4 rings (SSSR count). The summed E-state index contributed by atoms with van der Waals surface area (Å²) in [5.41, 5.74) is 1.15. The first-order valence-corrected chi connectivity index (χ1v) is 16.1. The number of para-hydroxylation sites is 1. The van der Waals surface area contributed by atoms with Crippen molar-refractivity contribution < 1.29 is 17.9 Å². The molecule has 1 aliphatic rings. The van der Waals surface area contributed by atoms with Crippen molar-refractivity contribution in [1.82, 2.24) is 14.1 Å². The molecular weight excluding hydrogens is 534 g/mol. The van der Waals surface area contributed by atoms with E-state index in [2.05, 4.69) is 24.0 Å². The molecule has 0 N–H and O–H groups in total. The molecule has 0 spiro atoms. The van der Waals surface area contributed by atoms with Crippen molar-refractivity contribution in [3.05, 3.63) is 96.6 Å². The molecule has 0 radical (unpaired) electrons. The average molecular weight is 578 g/mol. The highest BCUT2D eigenvalue weighted by molar-refractivity contribution is 7.89. The number of likely N-dealkylation sites (tertiary alicyclic amines) is 1. The lowest BCUT2D eigenvalue weighted by molar-refractivity contribution is -0.136. The van der Waals surface area contributed by atoms with Gasteiger partial charge < -0.3 is 14.5 Å². The molecule has 0 saturated carbocycles. The van der Waals surface area contributed by atoms with Gasteiger partial charge in [0.1, 0.15) is 5.75 Å². The maximum Gasteiger partial charge on any atom is 0.260 e. The summed E-state index contributed by atoms with van der Waals surface area (Å²) in [5, 5.41) is 0. The quantitative estimate of drug-likeness (QED) is 0.261. The van der Waals surface area contributed by atoms with Gasteiger partial charge in [0.25, 0.3) is 5.91 Å². The zero-order valence-electron chi connectivity index (χ0n) is 24.3. The molecule has 3 aromatic rings. The third-order valence-electron chi connectivity index (χ3n) is 7.88. The standard InChI is InChI=1S/C33H43N3O4S/c1-3-22-36(33(37)27-40-31-15-9-5-10-16-31)30-20-24-35(25-21-30)23-19-29(28-13-7-4-8-14-28)26-34(2)41(38,39)32-17-11-6-12-18-32/h4-18,29-30H,3,19-27H2,1-2H3/t29-/m1/s1. The summed E-state index contributed by atoms with van der Waals surface area (Å²) in [6.07, 6.45) is 3.62. The summed E-state index contributed by atoms with van der Waals surface area (Å²) in [5.74, 6) is 0.828. The van der Waals surface area contributed by atoms with Crippen LogP contribution in [0.1, 0.15) is 44.1 Å². The molecule has 1 aliphatic heterocycles. The molecule has 41 heavy (non-hydrogen) atoms. The molecule has 1 fully saturated rings. The van der Waals surface area contributed by atoms with Crippen LogP contribution in [0.25, 0.3) is 0 Å². The van der Waals surface area contributed by atoms with Gasteiger partial charge in [0.05, 0.1) is 4.90 Å². The smallest absolute Gasteiger partial charge is 0.260 e. The first kappa shape index (κ1) is 30.8. The number of carbonyl (C=O) groups excluding carboxylic acids is 1. The predicted molar refractivity (Wildman–Crippen MR) is 163 cm³/mol. The van der Waals surface area contributed by atoms with Crippen LogP contribution in [0.2, 0.25) is 0 Å². The van der Waals surface area contributed by atoms with Crippen molar-refractivity contribution in [2.75, 3.05) is 46.4 Å². The maximum absolute atomic E-state index is 13.2. The second-order valence-electron chi connectivity index (χ2n) is 10.8. The van der Waals surface area contributed by atoms with Gasteiger partial charge in [0, 0.05) is 39.3 Å². The Morgan fingerprint density at radius 2 is 1.51 bits per heavy atom. The highest BCUT2D eigenvalue weighted by Crippen LogP contribution is 2.26. The fourth-order valence-corrected chi connectivity index (χ4v) is 6.80. The fourth-order valence-electron chi connectivity index (χ4n) is 5.56. The van der Waals surface area contributed by atoms with Gasteiger partial charge in [-0.2, -0.15) is 0 Å². The van der Waals surface area contributed by atoms with Crippen molar-refractivity contribution in [3.63, 3.8) is 0 Å². The Balaban J connectivity index is 1.33. The minimum atomic E-state index is -3.57. The Morgan fingerprint density at radius 3 is 2.12 bits per heavy atom. The Bertz CT molecular complexity index is 1300. The van der Waals surface area contributed by atoms with Gasteiger partial charge in [-0.15, -0.1) is 0 Å². The van der Waals surface area contributed by atoms with Gasteiger partial charge in [0.15, 0.2) is 6.61 Å². The van der Waals surface area contributed by atoms with E-state index in [1.54, 1.807) is 31.3 Å². The number of nitrogens with zero attached hydrogens (tertiary/aromatic N) is 3. The van der Waals surface area contributed by atoms with E-state index in [1.807, 2.05) is 59.5 Å². The van der Waals surface area contributed by atoms with Crippen LogP contribution in [-0.2, 0) is 14.8 Å². The number of sulfonamides is 1. The van der Waals surface area contributed by atoms with E-state index in [-0.39, 0.29) is 24.5 Å². The van der Waals surface area contributed by atoms with Gasteiger partial charge in [-0.25, -0.2) is 12.7 Å². The van der Waals surface area contributed by atoms with Crippen LogP contribution >= 0.6 is 0 Å².